The summed E-state index contributed by atoms with van der Waals surface area (Å²) in [6, 6.07) is 12.5. The molecule has 2 aromatic rings. The number of hydrogen-bond acceptors (Lipinski definition) is 2. The van der Waals surface area contributed by atoms with Crippen LogP contribution in [-0.2, 0) is 25.9 Å². The first kappa shape index (κ1) is 14.6. The predicted octanol–water partition coefficient (Wildman–Crippen LogP) is 4.28. The van der Waals surface area contributed by atoms with Gasteiger partial charge in [-0.3, -0.25) is 4.90 Å². The van der Waals surface area contributed by atoms with Crippen molar-refractivity contribution < 1.29 is 5.11 Å². The molecular formula is C18H20BrNO. The molecule has 0 fully saturated rings. The van der Waals surface area contributed by atoms with Gasteiger partial charge in [0.25, 0.3) is 0 Å². The molecule has 0 heterocycles. The minimum absolute atomic E-state index is 0.443. The number of fused-ring (bicyclic) bond motifs is 1. The van der Waals surface area contributed by atoms with Gasteiger partial charge in [-0.2, -0.15) is 0 Å². The maximum absolute atomic E-state index is 10.2. The van der Waals surface area contributed by atoms with Crippen molar-refractivity contribution in [2.24, 2.45) is 0 Å². The molecule has 2 nitrogen and oxygen atoms in total. The fraction of sp³-hybridized carbons (Fsp3) is 0.333. The van der Waals surface area contributed by atoms with Crippen molar-refractivity contribution in [1.29, 1.82) is 0 Å². The average molecular weight is 346 g/mol. The first-order valence-corrected chi connectivity index (χ1v) is 8.18. The van der Waals surface area contributed by atoms with Crippen LogP contribution < -0.4 is 0 Å². The lowest BCUT2D eigenvalue weighted by Gasteiger charge is -2.18. The third-order valence-electron chi connectivity index (χ3n) is 4.10. The number of rotatable bonds is 4. The molecule has 3 rings (SSSR count). The van der Waals surface area contributed by atoms with Crippen molar-refractivity contribution in [2.45, 2.75) is 32.4 Å². The summed E-state index contributed by atoms with van der Waals surface area (Å²) < 4.78 is 1.10. The smallest absolute Gasteiger partial charge is 0.120 e. The first-order chi connectivity index (χ1) is 10.1. The summed E-state index contributed by atoms with van der Waals surface area (Å²) in [7, 11) is 2.09. The number of hydrogen-bond donors (Lipinski definition) is 1. The first-order valence-electron chi connectivity index (χ1n) is 7.38. The summed E-state index contributed by atoms with van der Waals surface area (Å²) >= 11 is 3.46. The second-order valence-corrected chi connectivity index (χ2v) is 6.82. The van der Waals surface area contributed by atoms with E-state index in [-0.39, 0.29) is 0 Å². The van der Waals surface area contributed by atoms with Gasteiger partial charge in [-0.05, 0) is 61.2 Å². The Morgan fingerprint density at radius 2 is 1.71 bits per heavy atom. The molecule has 1 aliphatic carbocycles. The van der Waals surface area contributed by atoms with Crippen molar-refractivity contribution >= 4 is 15.9 Å². The number of nitrogens with zero attached hydrogens (tertiary/aromatic N) is 1. The van der Waals surface area contributed by atoms with Gasteiger partial charge in [0, 0.05) is 23.1 Å². The minimum atomic E-state index is 0.443. The number of benzene rings is 2. The van der Waals surface area contributed by atoms with Crippen LogP contribution in [0.3, 0.4) is 0 Å². The van der Waals surface area contributed by atoms with Crippen molar-refractivity contribution in [3.63, 3.8) is 0 Å². The maximum Gasteiger partial charge on any atom is 0.120 e. The number of halogens is 1. The van der Waals surface area contributed by atoms with Gasteiger partial charge in [0.2, 0.25) is 0 Å². The Kier molecular flexibility index (Phi) is 4.32. The summed E-state index contributed by atoms with van der Waals surface area (Å²) in [5.74, 6) is 0.443. The molecule has 0 unspecified atom stereocenters. The number of phenols is 1. The fourth-order valence-electron chi connectivity index (χ4n) is 3.04. The van der Waals surface area contributed by atoms with Gasteiger partial charge in [0.15, 0.2) is 0 Å². The number of phenolic OH excluding ortho intramolecular Hbond substituents is 1. The van der Waals surface area contributed by atoms with Crippen molar-refractivity contribution in [1.82, 2.24) is 4.90 Å². The highest BCUT2D eigenvalue weighted by Crippen LogP contribution is 2.30. The minimum Gasteiger partial charge on any atom is -0.508 e. The van der Waals surface area contributed by atoms with Crippen molar-refractivity contribution in [3.8, 4) is 5.75 Å². The fourth-order valence-corrected chi connectivity index (χ4v) is 3.30. The summed E-state index contributed by atoms with van der Waals surface area (Å²) in [6.45, 7) is 1.65. The standard InChI is InChI=1S/C18H20BrNO/c1-20(11-13-5-7-17(19)8-6-13)12-16-9-14-3-2-4-15(14)10-18(16)21/h5-10,21H,2-4,11-12H2,1H3. The molecule has 0 radical (unpaired) electrons. The number of aryl methyl sites for hydroxylation is 2. The lowest BCUT2D eigenvalue weighted by atomic mass is 10.0. The molecular weight excluding hydrogens is 326 g/mol. The van der Waals surface area contributed by atoms with E-state index in [2.05, 4.69) is 58.2 Å². The van der Waals surface area contributed by atoms with Crippen LogP contribution in [0.15, 0.2) is 40.9 Å². The van der Waals surface area contributed by atoms with E-state index in [1.165, 1.54) is 23.1 Å². The highest BCUT2D eigenvalue weighted by molar-refractivity contribution is 9.10. The molecule has 2 aromatic carbocycles. The Bertz CT molecular complexity index is 636. The van der Waals surface area contributed by atoms with Gasteiger partial charge in [-0.25, -0.2) is 0 Å². The van der Waals surface area contributed by atoms with Gasteiger partial charge in [-0.1, -0.05) is 34.1 Å². The van der Waals surface area contributed by atoms with Crippen LogP contribution >= 0.6 is 15.9 Å². The Balaban J connectivity index is 1.70. The largest absolute Gasteiger partial charge is 0.508 e. The van der Waals surface area contributed by atoms with Gasteiger partial charge in [0.05, 0.1) is 0 Å². The van der Waals surface area contributed by atoms with Crippen LogP contribution in [0.1, 0.15) is 28.7 Å². The zero-order valence-electron chi connectivity index (χ0n) is 12.3. The average Bonchev–Trinajstić information content (AvgIpc) is 2.89. The zero-order chi connectivity index (χ0) is 14.8. The number of aromatic hydroxyl groups is 1. The highest BCUT2D eigenvalue weighted by Gasteiger charge is 2.15. The van der Waals surface area contributed by atoms with E-state index < -0.39 is 0 Å². The normalized spacial score (nSPS) is 13.7. The van der Waals surface area contributed by atoms with Crippen molar-refractivity contribution in [3.05, 3.63) is 63.1 Å². The van der Waals surface area contributed by atoms with Crippen LogP contribution in [0, 0.1) is 0 Å². The van der Waals surface area contributed by atoms with E-state index in [4.69, 9.17) is 0 Å². The molecule has 0 saturated carbocycles. The maximum atomic E-state index is 10.2. The van der Waals surface area contributed by atoms with Crippen LogP contribution in [0.25, 0.3) is 0 Å². The summed E-state index contributed by atoms with van der Waals surface area (Å²) in [5, 5.41) is 10.2. The molecule has 21 heavy (non-hydrogen) atoms. The monoisotopic (exact) mass is 345 g/mol. The summed E-state index contributed by atoms with van der Waals surface area (Å²) in [5.41, 5.74) is 5.06. The van der Waals surface area contributed by atoms with Gasteiger partial charge < -0.3 is 5.11 Å². The molecule has 0 spiro atoms. The highest BCUT2D eigenvalue weighted by atomic mass is 79.9. The van der Waals surface area contributed by atoms with Crippen LogP contribution in [0.2, 0.25) is 0 Å². The topological polar surface area (TPSA) is 23.5 Å². The van der Waals surface area contributed by atoms with E-state index in [9.17, 15) is 5.11 Å². The second kappa shape index (κ2) is 6.20. The van der Waals surface area contributed by atoms with Crippen LogP contribution in [-0.4, -0.2) is 17.1 Å². The molecule has 110 valence electrons. The molecule has 0 saturated heterocycles. The quantitative estimate of drug-likeness (QED) is 0.893. The summed E-state index contributed by atoms with van der Waals surface area (Å²) in [4.78, 5) is 2.24. The molecule has 3 heteroatoms. The van der Waals surface area contributed by atoms with Gasteiger partial charge in [-0.15, -0.1) is 0 Å². The third kappa shape index (κ3) is 3.47. The van der Waals surface area contributed by atoms with E-state index in [1.54, 1.807) is 0 Å². The van der Waals surface area contributed by atoms with E-state index in [1.807, 2.05) is 6.07 Å². The molecule has 0 amide bonds. The van der Waals surface area contributed by atoms with Crippen LogP contribution in [0.4, 0.5) is 0 Å². The van der Waals surface area contributed by atoms with E-state index in [0.717, 1.165) is 36.0 Å². The van der Waals surface area contributed by atoms with Gasteiger partial charge in [0.1, 0.15) is 5.75 Å². The Morgan fingerprint density at radius 3 is 2.43 bits per heavy atom. The zero-order valence-corrected chi connectivity index (χ0v) is 13.9. The second-order valence-electron chi connectivity index (χ2n) is 5.90. The molecule has 1 aliphatic rings. The lowest BCUT2D eigenvalue weighted by Crippen LogP contribution is -2.17. The lowest BCUT2D eigenvalue weighted by molar-refractivity contribution is 0.312. The Hall–Kier alpha value is -1.32. The van der Waals surface area contributed by atoms with Crippen molar-refractivity contribution in [2.75, 3.05) is 7.05 Å². The Labute approximate surface area is 134 Å². The third-order valence-corrected chi connectivity index (χ3v) is 4.63. The summed E-state index contributed by atoms with van der Waals surface area (Å²) in [6.07, 6.45) is 3.48. The molecule has 0 bridgehead atoms. The molecule has 0 atom stereocenters. The predicted molar refractivity (Wildman–Crippen MR) is 89.4 cm³/mol. The molecule has 0 aromatic heterocycles. The van der Waals surface area contributed by atoms with Gasteiger partial charge >= 0.3 is 0 Å². The Morgan fingerprint density at radius 1 is 1.05 bits per heavy atom. The molecule has 1 N–H and O–H groups in total. The van der Waals surface area contributed by atoms with E-state index >= 15 is 0 Å². The van der Waals surface area contributed by atoms with Crippen LogP contribution in [0.5, 0.6) is 5.75 Å². The van der Waals surface area contributed by atoms with E-state index in [0.29, 0.717) is 5.75 Å². The molecule has 0 aliphatic heterocycles. The SMILES string of the molecule is CN(Cc1ccc(Br)cc1)Cc1cc2c(cc1O)CCC2.